The van der Waals surface area contributed by atoms with E-state index < -0.39 is 34.9 Å². The monoisotopic (exact) mass is 393 g/mol. The number of imide groups is 1. The van der Waals surface area contributed by atoms with Gasteiger partial charge in [-0.3, -0.25) is 20.6 Å². The highest BCUT2D eigenvalue weighted by Gasteiger charge is 2.65. The number of nitrogens with two attached hydrogens (primary N) is 1. The van der Waals surface area contributed by atoms with Gasteiger partial charge in [0, 0.05) is 16.5 Å². The molecule has 9 heteroatoms. The number of amides is 3. The van der Waals surface area contributed by atoms with Crippen LogP contribution in [0.5, 0.6) is 0 Å². The molecule has 0 radical (unpaired) electrons. The van der Waals surface area contributed by atoms with Crippen LogP contribution in [0.2, 0.25) is 5.02 Å². The highest BCUT2D eigenvalue weighted by molar-refractivity contribution is 6.31. The molecule has 0 bridgehead atoms. The first-order valence-corrected chi connectivity index (χ1v) is 9.02. The zero-order valence-corrected chi connectivity index (χ0v) is 15.7. The Kier molecular flexibility index (Phi) is 3.91. The summed E-state index contributed by atoms with van der Waals surface area (Å²) in [5.41, 5.74) is 4.57. The normalized spacial score (nSPS) is 34.5. The topological polar surface area (TPSA) is 120 Å². The Morgan fingerprint density at radius 2 is 2.04 bits per heavy atom. The summed E-state index contributed by atoms with van der Waals surface area (Å²) < 4.78 is 11.4. The summed E-state index contributed by atoms with van der Waals surface area (Å²) in [7, 11) is 0. The number of Topliss-reactive ketones (excluding diaryl/α,β-unsaturated/α-hetero) is 1. The smallest absolute Gasteiger partial charge is 0.322 e. The van der Waals surface area contributed by atoms with E-state index in [1.54, 1.807) is 32.0 Å². The predicted molar refractivity (Wildman–Crippen MR) is 95.0 cm³/mol. The molecule has 4 N–H and O–H groups in total. The number of fused-ring (bicyclic) bond motifs is 1. The van der Waals surface area contributed by atoms with E-state index in [0.29, 0.717) is 17.0 Å². The molecule has 3 amide bonds. The van der Waals surface area contributed by atoms with Crippen LogP contribution < -0.4 is 16.4 Å². The lowest BCUT2D eigenvalue weighted by molar-refractivity contribution is -0.181. The molecule has 2 heterocycles. The molecular weight excluding hydrogens is 374 g/mol. The summed E-state index contributed by atoms with van der Waals surface area (Å²) in [6.07, 6.45) is 0.419. The standard InChI is InChI=1S/C18H20ClN3O5/c1-16(2)26-8-18(20,27-16)17(14(24)21-15(25)22-17)7-10-5-9-3-4-11(19)6-12(9)13(10)23/h3-4,6,10H,5,7-8,20H2,1-2H3,(H2,21,22,24,25)/t10?,17-,18?/m0/s1. The van der Waals surface area contributed by atoms with Crippen LogP contribution in [0.4, 0.5) is 4.79 Å². The summed E-state index contributed by atoms with van der Waals surface area (Å²) in [4.78, 5) is 37.6. The molecule has 3 atom stereocenters. The Labute approximate surface area is 160 Å². The van der Waals surface area contributed by atoms with Gasteiger partial charge in [-0.15, -0.1) is 0 Å². The van der Waals surface area contributed by atoms with E-state index in [2.05, 4.69) is 10.6 Å². The van der Waals surface area contributed by atoms with Crippen molar-refractivity contribution in [3.63, 3.8) is 0 Å². The summed E-state index contributed by atoms with van der Waals surface area (Å²) >= 11 is 6.00. The second-order valence-electron chi connectivity index (χ2n) is 7.76. The van der Waals surface area contributed by atoms with Gasteiger partial charge in [-0.1, -0.05) is 17.7 Å². The number of ketones is 1. The maximum absolute atomic E-state index is 12.9. The van der Waals surface area contributed by atoms with E-state index in [1.165, 1.54) is 0 Å². The van der Waals surface area contributed by atoms with E-state index in [1.807, 2.05) is 0 Å². The van der Waals surface area contributed by atoms with Crippen molar-refractivity contribution in [1.82, 2.24) is 10.6 Å². The van der Waals surface area contributed by atoms with Crippen LogP contribution in [0, 0.1) is 5.92 Å². The van der Waals surface area contributed by atoms with Crippen molar-refractivity contribution in [3.05, 3.63) is 34.3 Å². The molecule has 2 saturated heterocycles. The lowest BCUT2D eigenvalue weighted by atomic mass is 9.77. The van der Waals surface area contributed by atoms with Crippen LogP contribution in [-0.4, -0.2) is 41.4 Å². The molecule has 1 aliphatic carbocycles. The number of carbonyl (C=O) groups is 3. The highest BCUT2D eigenvalue weighted by Crippen LogP contribution is 2.42. The van der Waals surface area contributed by atoms with Crippen LogP contribution in [-0.2, 0) is 20.7 Å². The van der Waals surface area contributed by atoms with Gasteiger partial charge in [-0.05, 0) is 44.4 Å². The zero-order valence-electron chi connectivity index (χ0n) is 14.9. The molecule has 0 aromatic heterocycles. The van der Waals surface area contributed by atoms with Crippen molar-refractivity contribution >= 4 is 29.3 Å². The van der Waals surface area contributed by atoms with Crippen LogP contribution in [0.1, 0.15) is 36.2 Å². The van der Waals surface area contributed by atoms with Crippen molar-refractivity contribution in [1.29, 1.82) is 0 Å². The van der Waals surface area contributed by atoms with Gasteiger partial charge in [0.15, 0.2) is 22.8 Å². The van der Waals surface area contributed by atoms with Gasteiger partial charge in [0.25, 0.3) is 5.91 Å². The number of hydrogen-bond donors (Lipinski definition) is 3. The van der Waals surface area contributed by atoms with Gasteiger partial charge in [0.2, 0.25) is 0 Å². The number of benzene rings is 1. The van der Waals surface area contributed by atoms with Crippen molar-refractivity contribution < 1.29 is 23.9 Å². The summed E-state index contributed by atoms with van der Waals surface area (Å²) in [5.74, 6) is -2.33. The Morgan fingerprint density at radius 1 is 1.30 bits per heavy atom. The molecule has 2 aliphatic heterocycles. The SMILES string of the molecule is CC1(C)OCC(N)([C@@]2(CC3Cc4ccc(Cl)cc4C3=O)NC(=O)NC2=O)O1. The fourth-order valence-corrected chi connectivity index (χ4v) is 4.34. The molecule has 144 valence electrons. The first-order chi connectivity index (χ1) is 12.6. The Hall–Kier alpha value is -2.00. The van der Waals surface area contributed by atoms with Gasteiger partial charge in [-0.25, -0.2) is 4.79 Å². The van der Waals surface area contributed by atoms with Crippen molar-refractivity contribution in [2.24, 2.45) is 11.7 Å². The Balaban J connectivity index is 1.69. The van der Waals surface area contributed by atoms with Crippen LogP contribution in [0.3, 0.4) is 0 Å². The number of hydrogen-bond acceptors (Lipinski definition) is 6. The minimum absolute atomic E-state index is 0.00829. The average Bonchev–Trinajstić information content (AvgIpc) is 3.14. The third-order valence-corrected chi connectivity index (χ3v) is 5.69. The minimum Gasteiger partial charge on any atom is -0.346 e. The van der Waals surface area contributed by atoms with E-state index in [0.717, 1.165) is 5.56 Å². The molecule has 0 saturated carbocycles. The largest absolute Gasteiger partial charge is 0.346 e. The van der Waals surface area contributed by atoms with Crippen molar-refractivity contribution in [3.8, 4) is 0 Å². The molecule has 1 aromatic rings. The molecule has 0 spiro atoms. The van der Waals surface area contributed by atoms with Gasteiger partial charge in [0.05, 0.1) is 6.61 Å². The van der Waals surface area contributed by atoms with Crippen molar-refractivity contribution in [2.75, 3.05) is 6.61 Å². The maximum Gasteiger partial charge on any atom is 0.322 e. The zero-order chi connectivity index (χ0) is 19.6. The Morgan fingerprint density at radius 3 is 2.63 bits per heavy atom. The third-order valence-electron chi connectivity index (χ3n) is 5.45. The number of nitrogens with one attached hydrogen (secondary N) is 2. The first-order valence-electron chi connectivity index (χ1n) is 8.64. The quantitative estimate of drug-likeness (QED) is 0.661. The van der Waals surface area contributed by atoms with E-state index in [9.17, 15) is 14.4 Å². The lowest BCUT2D eigenvalue weighted by Crippen LogP contribution is -2.71. The number of ether oxygens (including phenoxy) is 2. The number of halogens is 1. The number of urea groups is 1. The molecule has 2 fully saturated rings. The lowest BCUT2D eigenvalue weighted by Gasteiger charge is -2.40. The fourth-order valence-electron chi connectivity index (χ4n) is 4.16. The second kappa shape index (κ2) is 5.75. The minimum atomic E-state index is -1.62. The average molecular weight is 394 g/mol. The van der Waals surface area contributed by atoms with Crippen LogP contribution in [0.25, 0.3) is 0 Å². The van der Waals surface area contributed by atoms with Crippen molar-refractivity contribution in [2.45, 2.75) is 43.7 Å². The molecular formula is C18H20ClN3O5. The van der Waals surface area contributed by atoms with Gasteiger partial charge >= 0.3 is 6.03 Å². The number of carbonyl (C=O) groups excluding carboxylic acids is 3. The number of rotatable bonds is 3. The van der Waals surface area contributed by atoms with Gasteiger partial charge < -0.3 is 14.8 Å². The fraction of sp³-hybridized carbons (Fsp3) is 0.500. The molecule has 8 nitrogen and oxygen atoms in total. The highest BCUT2D eigenvalue weighted by atomic mass is 35.5. The molecule has 27 heavy (non-hydrogen) atoms. The molecule has 4 rings (SSSR count). The van der Waals surface area contributed by atoms with E-state index >= 15 is 0 Å². The Bertz CT molecular complexity index is 873. The molecule has 1 aromatic carbocycles. The maximum atomic E-state index is 12.9. The summed E-state index contributed by atoms with van der Waals surface area (Å²) in [5, 5.41) is 5.30. The summed E-state index contributed by atoms with van der Waals surface area (Å²) in [6.45, 7) is 3.23. The first kappa shape index (κ1) is 18.4. The summed E-state index contributed by atoms with van der Waals surface area (Å²) in [6, 6.07) is 4.46. The van der Waals surface area contributed by atoms with Crippen LogP contribution in [0.15, 0.2) is 18.2 Å². The second-order valence-corrected chi connectivity index (χ2v) is 8.20. The third kappa shape index (κ3) is 2.75. The van der Waals surface area contributed by atoms with Crippen LogP contribution >= 0.6 is 11.6 Å². The van der Waals surface area contributed by atoms with E-state index in [4.69, 9.17) is 26.8 Å². The molecule has 2 unspecified atom stereocenters. The van der Waals surface area contributed by atoms with Gasteiger partial charge in [0.1, 0.15) is 0 Å². The molecule has 3 aliphatic rings. The van der Waals surface area contributed by atoms with E-state index in [-0.39, 0.29) is 18.8 Å². The predicted octanol–water partition coefficient (Wildman–Crippen LogP) is 1.10. The van der Waals surface area contributed by atoms with Gasteiger partial charge in [-0.2, -0.15) is 0 Å².